The monoisotopic (exact) mass is 252 g/mol. The topological polar surface area (TPSA) is 110 Å². The highest BCUT2D eigenvalue weighted by molar-refractivity contribution is 5.99. The lowest BCUT2D eigenvalue weighted by molar-refractivity contribution is -0.137. The Morgan fingerprint density at radius 3 is 2.72 bits per heavy atom. The van der Waals surface area contributed by atoms with Gasteiger partial charge < -0.3 is 16.2 Å². The van der Waals surface area contributed by atoms with E-state index in [4.69, 9.17) is 10.8 Å². The molecule has 0 aliphatic carbocycles. The highest BCUT2D eigenvalue weighted by Crippen LogP contribution is 2.19. The van der Waals surface area contributed by atoms with Crippen LogP contribution in [0.5, 0.6) is 0 Å². The Bertz CT molecular complexity index is 493. The van der Waals surface area contributed by atoms with Crippen LogP contribution in [0, 0.1) is 6.92 Å². The summed E-state index contributed by atoms with van der Waals surface area (Å²) in [6.07, 6.45) is 1.71. The zero-order chi connectivity index (χ0) is 13.9. The molecule has 0 aromatic carbocycles. The van der Waals surface area contributed by atoms with Gasteiger partial charge in [-0.3, -0.25) is 9.48 Å². The molecule has 18 heavy (non-hydrogen) atoms. The largest absolute Gasteiger partial charge is 0.480 e. The molecule has 98 valence electrons. The number of nitrogens with one attached hydrogen (secondary N) is 1. The molecule has 0 saturated heterocycles. The van der Waals surface area contributed by atoms with Crippen LogP contribution in [0.3, 0.4) is 0 Å². The van der Waals surface area contributed by atoms with Crippen LogP contribution < -0.4 is 11.1 Å². The molecule has 0 spiro atoms. The van der Waals surface area contributed by atoms with Crippen molar-refractivity contribution in [3.8, 4) is 0 Å². The fourth-order valence-corrected chi connectivity index (χ4v) is 1.67. The molecule has 7 heteroatoms. The Morgan fingerprint density at radius 2 is 2.28 bits per heavy atom. The maximum absolute atomic E-state index is 11.3. The van der Waals surface area contributed by atoms with E-state index in [9.17, 15) is 9.59 Å². The molecule has 1 heterocycles. The Hall–Kier alpha value is -2.31. The summed E-state index contributed by atoms with van der Waals surface area (Å²) in [4.78, 5) is 22.4. The van der Waals surface area contributed by atoms with Gasteiger partial charge in [-0.25, -0.2) is 4.79 Å². The number of hydrogen-bond donors (Lipinski definition) is 3. The SMILES string of the molecule is C=CCC(Nc1c(C(N)=O)c(C)nn1C)C(=O)O. The first-order chi connectivity index (χ1) is 8.38. The molecular formula is C11H16N4O3. The van der Waals surface area contributed by atoms with Gasteiger partial charge in [-0.05, 0) is 13.3 Å². The molecule has 1 rings (SSSR count). The summed E-state index contributed by atoms with van der Waals surface area (Å²) in [5, 5.41) is 15.8. The Morgan fingerprint density at radius 1 is 1.67 bits per heavy atom. The maximum atomic E-state index is 11.3. The van der Waals surface area contributed by atoms with Crippen LogP contribution in [-0.2, 0) is 11.8 Å². The first-order valence-electron chi connectivity index (χ1n) is 5.32. The van der Waals surface area contributed by atoms with Crippen molar-refractivity contribution in [1.29, 1.82) is 0 Å². The van der Waals surface area contributed by atoms with Crippen LogP contribution in [0.4, 0.5) is 5.82 Å². The van der Waals surface area contributed by atoms with Crippen molar-refractivity contribution < 1.29 is 14.7 Å². The van der Waals surface area contributed by atoms with Crippen molar-refractivity contribution in [2.24, 2.45) is 12.8 Å². The predicted molar refractivity (Wildman–Crippen MR) is 66.3 cm³/mol. The molecule has 1 unspecified atom stereocenters. The third-order valence-corrected chi connectivity index (χ3v) is 2.48. The molecule has 0 fully saturated rings. The number of primary amides is 1. The standard InChI is InChI=1S/C11H16N4O3/c1-4-5-7(11(17)18)13-10-8(9(12)16)6(2)14-15(10)3/h4,7,13H,1,5H2,2-3H3,(H2,12,16)(H,17,18). The molecular weight excluding hydrogens is 236 g/mol. The first kappa shape index (κ1) is 13.8. The van der Waals surface area contributed by atoms with Gasteiger partial charge in [0.05, 0.1) is 5.69 Å². The molecule has 4 N–H and O–H groups in total. The molecule has 1 atom stereocenters. The van der Waals surface area contributed by atoms with Crippen LogP contribution in [0.2, 0.25) is 0 Å². The molecule has 0 saturated carbocycles. The minimum absolute atomic E-state index is 0.202. The highest BCUT2D eigenvalue weighted by atomic mass is 16.4. The fraction of sp³-hybridized carbons (Fsp3) is 0.364. The van der Waals surface area contributed by atoms with E-state index in [-0.39, 0.29) is 12.0 Å². The molecule has 0 bridgehead atoms. The van der Waals surface area contributed by atoms with Crippen LogP contribution in [0.15, 0.2) is 12.7 Å². The number of aryl methyl sites for hydroxylation is 2. The minimum atomic E-state index is -1.04. The number of carboxylic acid groups (broad SMARTS) is 1. The molecule has 0 radical (unpaired) electrons. The molecule has 1 aromatic heterocycles. The summed E-state index contributed by atoms with van der Waals surface area (Å²) < 4.78 is 1.40. The molecule has 7 nitrogen and oxygen atoms in total. The van der Waals surface area contributed by atoms with E-state index in [2.05, 4.69) is 17.0 Å². The third kappa shape index (κ3) is 2.68. The second kappa shape index (κ2) is 5.35. The number of hydrogen-bond acceptors (Lipinski definition) is 4. The lowest BCUT2D eigenvalue weighted by atomic mass is 10.2. The van der Waals surface area contributed by atoms with Crippen LogP contribution in [0.25, 0.3) is 0 Å². The van der Waals surface area contributed by atoms with E-state index >= 15 is 0 Å². The quantitative estimate of drug-likeness (QED) is 0.629. The number of rotatable bonds is 6. The van der Waals surface area contributed by atoms with E-state index < -0.39 is 17.9 Å². The Balaban J connectivity index is 3.12. The zero-order valence-corrected chi connectivity index (χ0v) is 10.3. The highest BCUT2D eigenvalue weighted by Gasteiger charge is 2.23. The number of nitrogens with two attached hydrogens (primary N) is 1. The summed E-state index contributed by atoms with van der Waals surface area (Å²) >= 11 is 0. The van der Waals surface area contributed by atoms with Gasteiger partial charge in [0.15, 0.2) is 0 Å². The normalized spacial score (nSPS) is 11.9. The number of aromatic nitrogens is 2. The van der Waals surface area contributed by atoms with Crippen molar-refractivity contribution >= 4 is 17.7 Å². The van der Waals surface area contributed by atoms with E-state index in [1.165, 1.54) is 10.8 Å². The van der Waals surface area contributed by atoms with Gasteiger partial charge in [-0.2, -0.15) is 5.10 Å². The summed E-state index contributed by atoms with van der Waals surface area (Å²) in [6, 6.07) is -0.879. The van der Waals surface area contributed by atoms with Crippen LogP contribution in [0.1, 0.15) is 22.5 Å². The number of carbonyl (C=O) groups excluding carboxylic acids is 1. The van der Waals surface area contributed by atoms with Crippen molar-refractivity contribution in [3.63, 3.8) is 0 Å². The predicted octanol–water partition coefficient (Wildman–Crippen LogP) is 0.269. The first-order valence-corrected chi connectivity index (χ1v) is 5.32. The zero-order valence-electron chi connectivity index (χ0n) is 10.3. The second-order valence-corrected chi connectivity index (χ2v) is 3.86. The average Bonchev–Trinajstić information content (AvgIpc) is 2.52. The van der Waals surface area contributed by atoms with Gasteiger partial charge in [0.25, 0.3) is 5.91 Å². The van der Waals surface area contributed by atoms with E-state index in [1.807, 2.05) is 0 Å². The summed E-state index contributed by atoms with van der Waals surface area (Å²) in [6.45, 7) is 5.13. The molecule has 1 aromatic rings. The number of carbonyl (C=O) groups is 2. The van der Waals surface area contributed by atoms with E-state index in [0.29, 0.717) is 11.5 Å². The Labute approximate surface area is 104 Å². The van der Waals surface area contributed by atoms with E-state index in [1.54, 1.807) is 14.0 Å². The third-order valence-electron chi connectivity index (χ3n) is 2.48. The van der Waals surface area contributed by atoms with Crippen molar-refractivity contribution in [2.45, 2.75) is 19.4 Å². The smallest absolute Gasteiger partial charge is 0.326 e. The number of anilines is 1. The summed E-state index contributed by atoms with van der Waals surface area (Å²) in [5.41, 5.74) is 5.91. The lowest BCUT2D eigenvalue weighted by Crippen LogP contribution is -2.30. The van der Waals surface area contributed by atoms with Gasteiger partial charge in [0.1, 0.15) is 17.4 Å². The number of nitrogens with zero attached hydrogens (tertiary/aromatic N) is 2. The second-order valence-electron chi connectivity index (χ2n) is 3.86. The van der Waals surface area contributed by atoms with Gasteiger partial charge in [-0.15, -0.1) is 6.58 Å². The van der Waals surface area contributed by atoms with Crippen LogP contribution in [-0.4, -0.2) is 32.8 Å². The number of carboxylic acids is 1. The number of aliphatic carboxylic acids is 1. The maximum Gasteiger partial charge on any atom is 0.326 e. The summed E-state index contributed by atoms with van der Waals surface area (Å²) in [5.74, 6) is -1.38. The fourth-order valence-electron chi connectivity index (χ4n) is 1.67. The van der Waals surface area contributed by atoms with Gasteiger partial charge >= 0.3 is 5.97 Å². The Kier molecular flexibility index (Phi) is 4.09. The molecule has 1 amide bonds. The van der Waals surface area contributed by atoms with Gasteiger partial charge in [-0.1, -0.05) is 6.08 Å². The van der Waals surface area contributed by atoms with Gasteiger partial charge in [0.2, 0.25) is 0 Å². The lowest BCUT2D eigenvalue weighted by Gasteiger charge is -2.14. The number of amides is 1. The average molecular weight is 252 g/mol. The van der Waals surface area contributed by atoms with Crippen molar-refractivity contribution in [1.82, 2.24) is 9.78 Å². The van der Waals surface area contributed by atoms with E-state index in [0.717, 1.165) is 0 Å². The minimum Gasteiger partial charge on any atom is -0.480 e. The van der Waals surface area contributed by atoms with Crippen molar-refractivity contribution in [2.75, 3.05) is 5.32 Å². The molecule has 0 aliphatic rings. The van der Waals surface area contributed by atoms with Gasteiger partial charge in [0, 0.05) is 7.05 Å². The van der Waals surface area contributed by atoms with Crippen molar-refractivity contribution in [3.05, 3.63) is 23.9 Å². The summed E-state index contributed by atoms with van der Waals surface area (Å²) in [7, 11) is 1.61. The molecule has 0 aliphatic heterocycles. The van der Waals surface area contributed by atoms with Crippen LogP contribution >= 0.6 is 0 Å².